The van der Waals surface area contributed by atoms with Crippen molar-refractivity contribution in [2.45, 2.75) is 32.6 Å². The van der Waals surface area contributed by atoms with Gasteiger partial charge in [-0.05, 0) is 54.9 Å². The highest BCUT2D eigenvalue weighted by molar-refractivity contribution is 7.71. The fraction of sp³-hybridized carbons (Fsp3) is 0.333. The molecule has 0 saturated heterocycles. The second-order valence-corrected chi connectivity index (χ2v) is 8.44. The minimum Gasteiger partial charge on any atom is -0.497 e. The van der Waals surface area contributed by atoms with Gasteiger partial charge in [-0.15, -0.1) is 23.0 Å². The molecule has 0 radical (unpaired) electrons. The van der Waals surface area contributed by atoms with Crippen LogP contribution in [0.5, 0.6) is 5.75 Å². The maximum atomic E-state index is 5.77. The number of aromatic nitrogens is 3. The lowest BCUT2D eigenvalue weighted by Gasteiger charge is -2.30. The number of ether oxygens (including phenoxy) is 1. The van der Waals surface area contributed by atoms with Crippen LogP contribution in [-0.4, -0.2) is 28.0 Å². The fourth-order valence-electron chi connectivity index (χ4n) is 3.85. The molecule has 0 bridgehead atoms. The predicted octanol–water partition coefficient (Wildman–Crippen LogP) is 3.50. The number of benzene rings is 1. The smallest absolute Gasteiger partial charge is 0.203 e. The van der Waals surface area contributed by atoms with E-state index >= 15 is 0 Å². The molecule has 3 aromatic rings. The van der Waals surface area contributed by atoms with Crippen LogP contribution in [0.25, 0.3) is 11.4 Å². The average molecular weight is 414 g/mol. The molecule has 0 fully saturated rings. The van der Waals surface area contributed by atoms with Crippen LogP contribution >= 0.6 is 23.6 Å². The number of fused-ring (bicyclic) bond motifs is 1. The summed E-state index contributed by atoms with van der Waals surface area (Å²) in [6.45, 7) is 8.69. The fourth-order valence-corrected chi connectivity index (χ4v) is 5.10. The van der Waals surface area contributed by atoms with Crippen LogP contribution in [0.1, 0.15) is 23.4 Å². The van der Waals surface area contributed by atoms with E-state index in [1.807, 2.05) is 50.9 Å². The zero-order valence-corrected chi connectivity index (χ0v) is 17.9. The molecule has 3 heterocycles. The molecular weight excluding hydrogens is 388 g/mol. The maximum Gasteiger partial charge on any atom is 0.203 e. The van der Waals surface area contributed by atoms with Crippen molar-refractivity contribution in [2.75, 3.05) is 13.7 Å². The topological polar surface area (TPSA) is 36.4 Å². The van der Waals surface area contributed by atoms with Gasteiger partial charge in [-0.25, -0.2) is 0 Å². The van der Waals surface area contributed by atoms with E-state index in [0.717, 1.165) is 41.5 Å². The summed E-state index contributed by atoms with van der Waals surface area (Å²) >= 11 is 7.65. The van der Waals surface area contributed by atoms with Crippen molar-refractivity contribution in [3.8, 4) is 17.1 Å². The Morgan fingerprint density at radius 2 is 2.14 bits per heavy atom. The zero-order valence-electron chi connectivity index (χ0n) is 16.2. The third kappa shape index (κ3) is 3.45. The van der Waals surface area contributed by atoms with Crippen LogP contribution in [0.4, 0.5) is 0 Å². The number of hydrogen-bond donors (Lipinski definition) is 1. The Bertz CT molecular complexity index is 1030. The second-order valence-electron chi connectivity index (χ2n) is 7.07. The van der Waals surface area contributed by atoms with Gasteiger partial charge in [-0.3, -0.25) is 4.57 Å². The number of hydrogen-bond acceptors (Lipinski definition) is 4. The third-order valence-electron chi connectivity index (χ3n) is 5.47. The molecule has 1 aliphatic heterocycles. The molecule has 146 valence electrons. The van der Waals surface area contributed by atoms with E-state index in [2.05, 4.69) is 24.9 Å². The first-order valence-electron chi connectivity index (χ1n) is 9.46. The highest BCUT2D eigenvalue weighted by Crippen LogP contribution is 2.25. The Morgan fingerprint density at radius 1 is 1.36 bits per heavy atom. The monoisotopic (exact) mass is 413 g/mol. The lowest BCUT2D eigenvalue weighted by Crippen LogP contribution is -3.12. The normalized spacial score (nSPS) is 18.6. The molecule has 0 saturated carbocycles. The Labute approximate surface area is 174 Å². The van der Waals surface area contributed by atoms with Crippen LogP contribution in [0.2, 0.25) is 0 Å². The largest absolute Gasteiger partial charge is 0.497 e. The maximum absolute atomic E-state index is 5.77. The molecule has 1 aliphatic rings. The van der Waals surface area contributed by atoms with E-state index in [9.17, 15) is 0 Å². The lowest BCUT2D eigenvalue weighted by atomic mass is 10.0. The highest BCUT2D eigenvalue weighted by atomic mass is 32.1. The van der Waals surface area contributed by atoms with Crippen molar-refractivity contribution in [1.82, 2.24) is 14.3 Å². The summed E-state index contributed by atoms with van der Waals surface area (Å²) in [6, 6.07) is 10.7. The minimum absolute atomic E-state index is 0.450. The lowest BCUT2D eigenvalue weighted by molar-refractivity contribution is -0.954. The molecule has 1 N–H and O–H groups in total. The third-order valence-corrected chi connectivity index (χ3v) is 6.90. The Balaban J connectivity index is 1.66. The quantitative estimate of drug-likeness (QED) is 0.496. The van der Waals surface area contributed by atoms with Gasteiger partial charge in [0.25, 0.3) is 0 Å². The van der Waals surface area contributed by atoms with E-state index in [1.165, 1.54) is 15.3 Å². The zero-order chi connectivity index (χ0) is 19.7. The summed E-state index contributed by atoms with van der Waals surface area (Å²) in [7, 11) is 1.67. The van der Waals surface area contributed by atoms with Gasteiger partial charge < -0.3 is 9.64 Å². The van der Waals surface area contributed by atoms with Crippen LogP contribution in [0, 0.1) is 4.77 Å². The van der Waals surface area contributed by atoms with E-state index in [4.69, 9.17) is 22.1 Å². The van der Waals surface area contributed by atoms with Gasteiger partial charge in [0, 0.05) is 29.0 Å². The van der Waals surface area contributed by atoms with E-state index in [-0.39, 0.29) is 0 Å². The summed E-state index contributed by atoms with van der Waals surface area (Å²) in [4.78, 5) is 3.02. The van der Waals surface area contributed by atoms with Gasteiger partial charge in [0.05, 0.1) is 13.7 Å². The summed E-state index contributed by atoms with van der Waals surface area (Å²) in [5, 5.41) is 7.10. The number of nitrogens with zero attached hydrogens (tertiary/aromatic N) is 3. The number of nitrogens with one attached hydrogen (secondary N) is 1. The number of allylic oxidation sites excluding steroid dienone is 1. The highest BCUT2D eigenvalue weighted by Gasteiger charge is 2.29. The molecular formula is C21H25N4OS2+. The number of rotatable bonds is 6. The SMILES string of the molecule is C=CCn1c(-c2ccc(OC)cc2)nn(C[NH+]2CCc3sccc3[C@H]2C)c1=S. The van der Waals surface area contributed by atoms with Gasteiger partial charge in [-0.1, -0.05) is 6.08 Å². The number of methoxy groups -OCH3 is 1. The average Bonchev–Trinajstić information content (AvgIpc) is 3.31. The van der Waals surface area contributed by atoms with Crippen LogP contribution in [-0.2, 0) is 19.6 Å². The Hall–Kier alpha value is -2.22. The van der Waals surface area contributed by atoms with Crippen molar-refractivity contribution in [3.63, 3.8) is 0 Å². The first-order chi connectivity index (χ1) is 13.6. The van der Waals surface area contributed by atoms with E-state index in [1.54, 1.807) is 7.11 Å². The molecule has 2 atom stereocenters. The van der Waals surface area contributed by atoms with Crippen molar-refractivity contribution in [3.05, 3.63) is 63.6 Å². The van der Waals surface area contributed by atoms with Crippen molar-refractivity contribution >= 4 is 23.6 Å². The molecule has 5 nitrogen and oxygen atoms in total. The van der Waals surface area contributed by atoms with Crippen LogP contribution in [0.3, 0.4) is 0 Å². The summed E-state index contributed by atoms with van der Waals surface area (Å²) < 4.78 is 10.0. The first-order valence-corrected chi connectivity index (χ1v) is 10.7. The van der Waals surface area contributed by atoms with Crippen molar-refractivity contribution in [1.29, 1.82) is 0 Å². The molecule has 7 heteroatoms. The molecule has 28 heavy (non-hydrogen) atoms. The molecule has 1 unspecified atom stereocenters. The summed E-state index contributed by atoms with van der Waals surface area (Å²) in [5.41, 5.74) is 2.49. The standard InChI is InChI=1S/C21H24N4OS2/c1-4-11-24-20(16-5-7-17(26-3)8-6-16)22-25(21(24)27)14-23-12-9-19-18(15(23)2)10-13-28-19/h4-8,10,13,15H,1,9,11-12,14H2,2-3H3/p+1/t15-/m1/s1. The van der Waals surface area contributed by atoms with E-state index < -0.39 is 0 Å². The molecule has 0 amide bonds. The van der Waals surface area contributed by atoms with Crippen molar-refractivity contribution < 1.29 is 9.64 Å². The first kappa shape index (κ1) is 19.1. The summed E-state index contributed by atoms with van der Waals surface area (Å²) in [5.74, 6) is 1.70. The summed E-state index contributed by atoms with van der Waals surface area (Å²) in [6.07, 6.45) is 2.99. The van der Waals surface area contributed by atoms with Gasteiger partial charge in [0.1, 0.15) is 11.8 Å². The van der Waals surface area contributed by atoms with Gasteiger partial charge in [-0.2, -0.15) is 4.68 Å². The predicted molar refractivity (Wildman–Crippen MR) is 116 cm³/mol. The molecule has 0 spiro atoms. The Morgan fingerprint density at radius 3 is 2.86 bits per heavy atom. The molecule has 0 aliphatic carbocycles. The van der Waals surface area contributed by atoms with Gasteiger partial charge in [0.2, 0.25) is 4.77 Å². The van der Waals surface area contributed by atoms with Crippen molar-refractivity contribution in [2.24, 2.45) is 0 Å². The minimum atomic E-state index is 0.450. The van der Waals surface area contributed by atoms with Crippen LogP contribution in [0.15, 0.2) is 48.4 Å². The van der Waals surface area contributed by atoms with E-state index in [0.29, 0.717) is 12.6 Å². The number of thiophene rings is 1. The Kier molecular flexibility index (Phi) is 5.48. The molecule has 2 aromatic heterocycles. The molecule has 4 rings (SSSR count). The number of quaternary nitrogens is 1. The van der Waals surface area contributed by atoms with Gasteiger partial charge in [0.15, 0.2) is 12.5 Å². The second kappa shape index (κ2) is 8.03. The van der Waals surface area contributed by atoms with Crippen LogP contribution < -0.4 is 9.64 Å². The molecule has 1 aromatic carbocycles. The van der Waals surface area contributed by atoms with Gasteiger partial charge >= 0.3 is 0 Å².